The van der Waals surface area contributed by atoms with Gasteiger partial charge in [-0.1, -0.05) is 37.0 Å². The fourth-order valence-corrected chi connectivity index (χ4v) is 1.04. The third kappa shape index (κ3) is 5.68. The summed E-state index contributed by atoms with van der Waals surface area (Å²) in [5.74, 6) is 12.0. The minimum Gasteiger partial charge on any atom is -0.265 e. The van der Waals surface area contributed by atoms with Gasteiger partial charge in [-0.25, -0.2) is 0 Å². The molecule has 0 amide bonds. The minimum atomic E-state index is 0.971. The maximum Gasteiger partial charge on any atom is 0.0280 e. The lowest BCUT2D eigenvalue weighted by Gasteiger charge is -1.83. The van der Waals surface area contributed by atoms with Gasteiger partial charge >= 0.3 is 0 Å². The van der Waals surface area contributed by atoms with E-state index in [9.17, 15) is 0 Å². The molecule has 0 aromatic carbocycles. The number of rotatable bonds is 2. The van der Waals surface area contributed by atoms with Crippen LogP contribution in [0.25, 0.3) is 0 Å². The van der Waals surface area contributed by atoms with E-state index in [-0.39, 0.29) is 0 Å². The number of nitrogens with zero attached hydrogens (tertiary/aromatic N) is 1. The van der Waals surface area contributed by atoms with Crippen molar-refractivity contribution < 1.29 is 0 Å². The Balaban J connectivity index is 2.36. The Morgan fingerprint density at radius 1 is 1.19 bits per heavy atom. The van der Waals surface area contributed by atoms with Gasteiger partial charge in [0.15, 0.2) is 0 Å². The van der Waals surface area contributed by atoms with Crippen LogP contribution in [0.1, 0.15) is 31.7 Å². The summed E-state index contributed by atoms with van der Waals surface area (Å²) in [6, 6.07) is 3.77. The average Bonchev–Trinajstić information content (AvgIpc) is 2.34. The summed E-state index contributed by atoms with van der Waals surface area (Å²) in [5.41, 5.74) is 0.971. The van der Waals surface area contributed by atoms with Gasteiger partial charge in [0.05, 0.1) is 0 Å². The quantitative estimate of drug-likeness (QED) is 0.538. The number of hydrogen-bond donors (Lipinski definition) is 0. The van der Waals surface area contributed by atoms with Crippen molar-refractivity contribution in [3.8, 4) is 23.7 Å². The molecule has 1 aromatic rings. The summed E-state index contributed by atoms with van der Waals surface area (Å²) in [6.45, 7) is 2.16. The van der Waals surface area contributed by atoms with Crippen LogP contribution < -0.4 is 0 Å². The predicted octanol–water partition coefficient (Wildman–Crippen LogP) is 3.18. The van der Waals surface area contributed by atoms with Crippen LogP contribution in [0.4, 0.5) is 0 Å². The molecule has 0 aliphatic heterocycles. The normalized spacial score (nSPS) is 9.06. The molecule has 0 fully saturated rings. The Bertz CT molecular complexity index is 435. The highest BCUT2D eigenvalue weighted by molar-refractivity contribution is 5.36. The molecule has 0 bridgehead atoms. The molecular formula is C15H15N. The first kappa shape index (κ1) is 12.1. The Kier molecular flexibility index (Phi) is 6.29. The average molecular weight is 209 g/mol. The van der Waals surface area contributed by atoms with Crippen LogP contribution in [-0.4, -0.2) is 4.98 Å². The molecule has 1 heteroatoms. The van der Waals surface area contributed by atoms with Crippen molar-refractivity contribution in [3.63, 3.8) is 0 Å². The van der Waals surface area contributed by atoms with E-state index in [1.54, 1.807) is 24.5 Å². The standard InChI is InChI=1S/C15H15N/c1-2-3-4-5-6-7-8-9-10-15-11-13-16-14-12-15/h7-8,11-14H,2-4H2,1H3. The van der Waals surface area contributed by atoms with Crippen molar-refractivity contribution in [2.45, 2.75) is 26.2 Å². The Morgan fingerprint density at radius 3 is 2.69 bits per heavy atom. The number of allylic oxidation sites excluding steroid dienone is 2. The van der Waals surface area contributed by atoms with Crippen LogP contribution in [0.3, 0.4) is 0 Å². The van der Waals surface area contributed by atoms with E-state index in [2.05, 4.69) is 35.6 Å². The van der Waals surface area contributed by atoms with Crippen LogP contribution >= 0.6 is 0 Å². The molecule has 0 unspecified atom stereocenters. The Morgan fingerprint density at radius 2 is 1.94 bits per heavy atom. The summed E-state index contributed by atoms with van der Waals surface area (Å²) >= 11 is 0. The zero-order valence-electron chi connectivity index (χ0n) is 9.53. The molecule has 0 aliphatic rings. The predicted molar refractivity (Wildman–Crippen MR) is 67.6 cm³/mol. The number of unbranched alkanes of at least 4 members (excludes halogenated alkanes) is 2. The van der Waals surface area contributed by atoms with Crippen molar-refractivity contribution in [3.05, 3.63) is 42.2 Å². The van der Waals surface area contributed by atoms with E-state index < -0.39 is 0 Å². The molecule has 16 heavy (non-hydrogen) atoms. The SMILES string of the molecule is CCCCC#CC=CC#Cc1ccncc1. The highest BCUT2D eigenvalue weighted by Crippen LogP contribution is 1.92. The molecule has 1 aromatic heterocycles. The van der Waals surface area contributed by atoms with E-state index in [1.165, 1.54) is 12.8 Å². The van der Waals surface area contributed by atoms with E-state index >= 15 is 0 Å². The van der Waals surface area contributed by atoms with Crippen LogP contribution in [0.2, 0.25) is 0 Å². The first-order chi connectivity index (χ1) is 7.93. The zero-order valence-corrected chi connectivity index (χ0v) is 9.53. The topological polar surface area (TPSA) is 12.9 Å². The Labute approximate surface area is 97.6 Å². The lowest BCUT2D eigenvalue weighted by atomic mass is 10.2. The highest BCUT2D eigenvalue weighted by atomic mass is 14.6. The van der Waals surface area contributed by atoms with Crippen molar-refractivity contribution in [1.29, 1.82) is 0 Å². The fourth-order valence-electron chi connectivity index (χ4n) is 1.04. The number of pyridine rings is 1. The van der Waals surface area contributed by atoms with Gasteiger partial charge in [-0.05, 0) is 30.7 Å². The maximum absolute atomic E-state index is 3.92. The van der Waals surface area contributed by atoms with Crippen LogP contribution in [0, 0.1) is 23.7 Å². The Hall–Kier alpha value is -1.99. The molecule has 0 N–H and O–H groups in total. The maximum atomic E-state index is 3.92. The van der Waals surface area contributed by atoms with E-state index in [0.717, 1.165) is 12.0 Å². The van der Waals surface area contributed by atoms with Gasteiger partial charge in [-0.2, -0.15) is 0 Å². The van der Waals surface area contributed by atoms with Crippen molar-refractivity contribution in [1.82, 2.24) is 4.98 Å². The third-order valence-electron chi connectivity index (χ3n) is 1.90. The van der Waals surface area contributed by atoms with Gasteiger partial charge in [0.25, 0.3) is 0 Å². The van der Waals surface area contributed by atoms with E-state index in [1.807, 2.05) is 12.1 Å². The molecule has 0 radical (unpaired) electrons. The lowest BCUT2D eigenvalue weighted by Crippen LogP contribution is -1.72. The largest absolute Gasteiger partial charge is 0.265 e. The molecule has 0 aliphatic carbocycles. The molecule has 0 saturated heterocycles. The second-order valence-electron chi connectivity index (χ2n) is 3.26. The van der Waals surface area contributed by atoms with Crippen LogP contribution in [0.15, 0.2) is 36.7 Å². The smallest absolute Gasteiger partial charge is 0.0280 e. The molecule has 0 spiro atoms. The van der Waals surface area contributed by atoms with E-state index in [0.29, 0.717) is 0 Å². The van der Waals surface area contributed by atoms with Crippen LogP contribution in [-0.2, 0) is 0 Å². The number of aromatic nitrogens is 1. The van der Waals surface area contributed by atoms with E-state index in [4.69, 9.17) is 0 Å². The van der Waals surface area contributed by atoms with Gasteiger partial charge in [-0.15, -0.1) is 0 Å². The summed E-state index contributed by atoms with van der Waals surface area (Å²) in [5, 5.41) is 0. The fraction of sp³-hybridized carbons (Fsp3) is 0.267. The molecule has 80 valence electrons. The minimum absolute atomic E-state index is 0.971. The second-order valence-corrected chi connectivity index (χ2v) is 3.26. The van der Waals surface area contributed by atoms with Gasteiger partial charge in [0.2, 0.25) is 0 Å². The molecule has 0 atom stereocenters. The molecule has 1 rings (SSSR count). The van der Waals surface area contributed by atoms with Crippen molar-refractivity contribution in [2.24, 2.45) is 0 Å². The van der Waals surface area contributed by atoms with Gasteiger partial charge in [0, 0.05) is 24.4 Å². The summed E-state index contributed by atoms with van der Waals surface area (Å²) in [6.07, 6.45) is 10.4. The first-order valence-corrected chi connectivity index (χ1v) is 5.48. The first-order valence-electron chi connectivity index (χ1n) is 5.48. The third-order valence-corrected chi connectivity index (χ3v) is 1.90. The molecule has 1 nitrogen and oxygen atoms in total. The summed E-state index contributed by atoms with van der Waals surface area (Å²) in [4.78, 5) is 3.92. The van der Waals surface area contributed by atoms with Gasteiger partial charge in [0.1, 0.15) is 0 Å². The molecule has 0 saturated carbocycles. The summed E-state index contributed by atoms with van der Waals surface area (Å²) in [7, 11) is 0. The monoisotopic (exact) mass is 209 g/mol. The lowest BCUT2D eigenvalue weighted by molar-refractivity contribution is 0.828. The van der Waals surface area contributed by atoms with Gasteiger partial charge in [-0.3, -0.25) is 4.98 Å². The van der Waals surface area contributed by atoms with Gasteiger partial charge < -0.3 is 0 Å². The van der Waals surface area contributed by atoms with Crippen LogP contribution in [0.5, 0.6) is 0 Å². The highest BCUT2D eigenvalue weighted by Gasteiger charge is 1.79. The second kappa shape index (κ2) is 8.33. The van der Waals surface area contributed by atoms with Crippen molar-refractivity contribution >= 4 is 0 Å². The zero-order chi connectivity index (χ0) is 11.5. The molecule has 1 heterocycles. The summed E-state index contributed by atoms with van der Waals surface area (Å²) < 4.78 is 0. The van der Waals surface area contributed by atoms with Crippen molar-refractivity contribution in [2.75, 3.05) is 0 Å². The molecular weight excluding hydrogens is 194 g/mol. The number of hydrogen-bond acceptors (Lipinski definition) is 1.